The molecule has 0 aliphatic rings. The summed E-state index contributed by atoms with van der Waals surface area (Å²) >= 11 is 0. The number of ether oxygens (including phenoxy) is 1. The van der Waals surface area contributed by atoms with E-state index >= 15 is 0 Å². The average Bonchev–Trinajstić information content (AvgIpc) is 3.33. The Balaban J connectivity index is 1.36. The number of nitrogens with one attached hydrogen (secondary N) is 2. The Hall–Kier alpha value is -3.88. The van der Waals surface area contributed by atoms with Crippen LogP contribution in [0.25, 0.3) is 5.65 Å². The van der Waals surface area contributed by atoms with Gasteiger partial charge in [-0.25, -0.2) is 10.1 Å². The van der Waals surface area contributed by atoms with Crippen LogP contribution in [0, 0.1) is 0 Å². The summed E-state index contributed by atoms with van der Waals surface area (Å²) in [6, 6.07) is 12.7. The van der Waals surface area contributed by atoms with Gasteiger partial charge >= 0.3 is 0 Å². The lowest BCUT2D eigenvalue weighted by Gasteiger charge is -2.06. The molecule has 0 radical (unpaired) electrons. The number of hydrogen-bond acceptors (Lipinski definition) is 6. The minimum absolute atomic E-state index is 0.284. The second-order valence-corrected chi connectivity index (χ2v) is 6.34. The Morgan fingerprint density at radius 1 is 1.18 bits per heavy atom. The monoisotopic (exact) mass is 377 g/mol. The lowest BCUT2D eigenvalue weighted by molar-refractivity contribution is 0.102. The van der Waals surface area contributed by atoms with Crippen molar-refractivity contribution in [3.05, 3.63) is 66.1 Å². The number of hydrogen-bond donors (Lipinski definition) is 2. The number of rotatable bonds is 6. The topological polar surface area (TPSA) is 100 Å². The number of imidazole rings is 1. The highest BCUT2D eigenvalue weighted by Crippen LogP contribution is 2.16. The van der Waals surface area contributed by atoms with Crippen molar-refractivity contribution >= 4 is 23.5 Å². The van der Waals surface area contributed by atoms with Crippen LogP contribution in [0.3, 0.4) is 0 Å². The van der Waals surface area contributed by atoms with Gasteiger partial charge in [-0.3, -0.25) is 10.1 Å². The number of benzene rings is 1. The van der Waals surface area contributed by atoms with Gasteiger partial charge in [0.05, 0.1) is 5.69 Å². The van der Waals surface area contributed by atoms with Crippen LogP contribution in [0.5, 0.6) is 5.75 Å². The van der Waals surface area contributed by atoms with Gasteiger partial charge in [-0.1, -0.05) is 6.07 Å². The minimum Gasteiger partial charge on any atom is -0.487 e. The maximum absolute atomic E-state index is 12.3. The molecule has 28 heavy (non-hydrogen) atoms. The zero-order valence-electron chi connectivity index (χ0n) is 15.5. The molecule has 0 bridgehead atoms. The highest BCUT2D eigenvalue weighted by Gasteiger charge is 2.11. The molecular formula is C19H19N7O2. The van der Waals surface area contributed by atoms with Crippen molar-refractivity contribution in [3.63, 3.8) is 0 Å². The molecule has 4 aromatic rings. The van der Waals surface area contributed by atoms with E-state index in [0.29, 0.717) is 29.8 Å². The molecule has 3 aromatic heterocycles. The van der Waals surface area contributed by atoms with Crippen LogP contribution in [0.4, 0.5) is 11.9 Å². The van der Waals surface area contributed by atoms with Crippen molar-refractivity contribution in [1.29, 1.82) is 0 Å². The summed E-state index contributed by atoms with van der Waals surface area (Å²) in [7, 11) is 3.64. The molecule has 9 nitrogen and oxygen atoms in total. The summed E-state index contributed by atoms with van der Waals surface area (Å²) in [5.74, 6) is 1.16. The SMILES string of the molecule is CN(C)c1n[nH]c(NC(=O)c2ccc(OCc3cn4ccccc4n3)cc2)n1. The molecule has 3 heterocycles. The van der Waals surface area contributed by atoms with Crippen LogP contribution < -0.4 is 15.0 Å². The molecule has 1 amide bonds. The number of H-pyrrole nitrogens is 1. The Labute approximate surface area is 161 Å². The lowest BCUT2D eigenvalue weighted by Crippen LogP contribution is -2.13. The third kappa shape index (κ3) is 3.78. The molecule has 0 atom stereocenters. The first-order valence-electron chi connectivity index (χ1n) is 8.65. The van der Waals surface area contributed by atoms with E-state index in [1.807, 2.05) is 49.1 Å². The van der Waals surface area contributed by atoms with Gasteiger partial charge in [0.15, 0.2) is 0 Å². The molecule has 0 saturated carbocycles. The van der Waals surface area contributed by atoms with Gasteiger partial charge in [-0.15, -0.1) is 5.10 Å². The number of amides is 1. The summed E-state index contributed by atoms with van der Waals surface area (Å²) in [6.07, 6.45) is 3.87. The van der Waals surface area contributed by atoms with Crippen molar-refractivity contribution in [1.82, 2.24) is 24.6 Å². The fraction of sp³-hybridized carbons (Fsp3) is 0.158. The van der Waals surface area contributed by atoms with Gasteiger partial charge in [0.1, 0.15) is 18.0 Å². The second kappa shape index (κ2) is 7.39. The van der Waals surface area contributed by atoms with E-state index < -0.39 is 0 Å². The molecule has 9 heteroatoms. The first-order valence-corrected chi connectivity index (χ1v) is 8.65. The van der Waals surface area contributed by atoms with Crippen molar-refractivity contribution in [2.24, 2.45) is 0 Å². The first-order chi connectivity index (χ1) is 13.6. The Bertz CT molecular complexity index is 1070. The highest BCUT2D eigenvalue weighted by molar-refractivity contribution is 6.03. The van der Waals surface area contributed by atoms with Crippen molar-refractivity contribution < 1.29 is 9.53 Å². The van der Waals surface area contributed by atoms with E-state index in [2.05, 4.69) is 25.5 Å². The van der Waals surface area contributed by atoms with Crippen LogP contribution in [0.2, 0.25) is 0 Å². The number of anilines is 2. The number of pyridine rings is 1. The van der Waals surface area contributed by atoms with Gasteiger partial charge in [-0.2, -0.15) is 4.98 Å². The van der Waals surface area contributed by atoms with Crippen molar-refractivity contribution in [2.45, 2.75) is 6.61 Å². The second-order valence-electron chi connectivity index (χ2n) is 6.34. The molecule has 0 aliphatic heterocycles. The van der Waals surface area contributed by atoms with Gasteiger partial charge in [0.25, 0.3) is 5.91 Å². The highest BCUT2D eigenvalue weighted by atomic mass is 16.5. The van der Waals surface area contributed by atoms with Crippen molar-refractivity contribution in [3.8, 4) is 5.75 Å². The van der Waals surface area contributed by atoms with Gasteiger partial charge in [0, 0.05) is 32.1 Å². The van der Waals surface area contributed by atoms with Crippen molar-refractivity contribution in [2.75, 3.05) is 24.3 Å². The van der Waals surface area contributed by atoms with Crippen LogP contribution in [-0.4, -0.2) is 44.6 Å². The molecule has 142 valence electrons. The third-order valence-electron chi connectivity index (χ3n) is 4.02. The molecular weight excluding hydrogens is 358 g/mol. The predicted octanol–water partition coefficient (Wildman–Crippen LogP) is 2.35. The summed E-state index contributed by atoms with van der Waals surface area (Å²) in [5, 5.41) is 9.35. The third-order valence-corrected chi connectivity index (χ3v) is 4.02. The number of carbonyl (C=O) groups excluding carboxylic acids is 1. The number of fused-ring (bicyclic) bond motifs is 1. The van der Waals surface area contributed by atoms with E-state index in [1.54, 1.807) is 29.2 Å². The Morgan fingerprint density at radius 3 is 2.71 bits per heavy atom. The maximum Gasteiger partial charge on any atom is 0.258 e. The predicted molar refractivity (Wildman–Crippen MR) is 105 cm³/mol. The van der Waals surface area contributed by atoms with Gasteiger partial charge in [0.2, 0.25) is 11.9 Å². The smallest absolute Gasteiger partial charge is 0.258 e. The Morgan fingerprint density at radius 2 is 2.00 bits per heavy atom. The fourth-order valence-electron chi connectivity index (χ4n) is 2.61. The van der Waals surface area contributed by atoms with Gasteiger partial charge < -0.3 is 14.0 Å². The zero-order chi connectivity index (χ0) is 19.5. The zero-order valence-corrected chi connectivity index (χ0v) is 15.5. The van der Waals surface area contributed by atoms with Gasteiger partial charge in [-0.05, 0) is 36.4 Å². The number of nitrogens with zero attached hydrogens (tertiary/aromatic N) is 5. The summed E-state index contributed by atoms with van der Waals surface area (Å²) in [5.41, 5.74) is 2.19. The molecule has 0 fully saturated rings. The summed E-state index contributed by atoms with van der Waals surface area (Å²) in [4.78, 5) is 22.7. The first kappa shape index (κ1) is 17.5. The number of aromatic amines is 1. The van der Waals surface area contributed by atoms with E-state index in [-0.39, 0.29) is 5.91 Å². The minimum atomic E-state index is -0.284. The molecule has 4 rings (SSSR count). The molecule has 0 spiro atoms. The average molecular weight is 377 g/mol. The largest absolute Gasteiger partial charge is 0.487 e. The van der Waals surface area contributed by atoms with E-state index in [1.165, 1.54) is 0 Å². The normalized spacial score (nSPS) is 10.8. The molecule has 0 aliphatic carbocycles. The van der Waals surface area contributed by atoms with Crippen LogP contribution in [0.15, 0.2) is 54.9 Å². The fourth-order valence-corrected chi connectivity index (χ4v) is 2.61. The maximum atomic E-state index is 12.3. The standard InChI is InChI=1S/C19H19N7O2/c1-25(2)19-22-18(23-24-19)21-17(27)13-6-8-15(9-7-13)28-12-14-11-26-10-4-3-5-16(26)20-14/h3-11H,12H2,1-2H3,(H2,21,22,23,24,27). The van der Waals surface area contributed by atoms with E-state index in [4.69, 9.17) is 4.74 Å². The molecule has 0 saturated heterocycles. The summed E-state index contributed by atoms with van der Waals surface area (Å²) < 4.78 is 7.70. The van der Waals surface area contributed by atoms with Crippen LogP contribution in [0.1, 0.15) is 16.1 Å². The van der Waals surface area contributed by atoms with E-state index in [9.17, 15) is 4.79 Å². The van der Waals surface area contributed by atoms with Crippen LogP contribution >= 0.6 is 0 Å². The van der Waals surface area contributed by atoms with E-state index in [0.717, 1.165) is 11.3 Å². The van der Waals surface area contributed by atoms with Crippen LogP contribution in [-0.2, 0) is 6.61 Å². The lowest BCUT2D eigenvalue weighted by atomic mass is 10.2. The summed E-state index contributed by atoms with van der Waals surface area (Å²) in [6.45, 7) is 0.346. The quantitative estimate of drug-likeness (QED) is 0.535. The molecule has 2 N–H and O–H groups in total. The molecule has 1 aromatic carbocycles. The molecule has 0 unspecified atom stereocenters. The Kier molecular flexibility index (Phi) is 4.63. The number of carbonyl (C=O) groups is 1. The number of aromatic nitrogens is 5.